The zero-order valence-corrected chi connectivity index (χ0v) is 17.5. The topological polar surface area (TPSA) is 59.6 Å². The molecule has 3 aromatic rings. The Morgan fingerprint density at radius 3 is 2.79 bits per heavy atom. The summed E-state index contributed by atoms with van der Waals surface area (Å²) in [6.45, 7) is 0.887. The van der Waals surface area contributed by atoms with E-state index in [-0.39, 0.29) is 10.9 Å². The third-order valence-corrected chi connectivity index (χ3v) is 7.97. The second-order valence-corrected chi connectivity index (χ2v) is 9.90. The predicted octanol–water partition coefficient (Wildman–Crippen LogP) is 3.56. The molecule has 0 radical (unpaired) electrons. The molecule has 1 saturated carbocycles. The summed E-state index contributed by atoms with van der Waals surface area (Å²) in [7, 11) is 0.801. The molecule has 2 aliphatic rings. The lowest BCUT2D eigenvalue weighted by atomic mass is 10.0. The zero-order chi connectivity index (χ0) is 20.0. The second kappa shape index (κ2) is 7.44. The summed E-state index contributed by atoms with van der Waals surface area (Å²) in [5.74, 6) is 0.947. The van der Waals surface area contributed by atoms with Crippen molar-refractivity contribution in [1.29, 1.82) is 0 Å². The first-order valence-corrected chi connectivity index (χ1v) is 11.7. The first kappa shape index (κ1) is 18.6. The van der Waals surface area contributed by atoms with Gasteiger partial charge in [-0.2, -0.15) is 0 Å². The van der Waals surface area contributed by atoms with Crippen LogP contribution in [0.4, 0.5) is 11.5 Å². The van der Waals surface area contributed by atoms with Gasteiger partial charge in [0.15, 0.2) is 0 Å². The Bertz CT molecular complexity index is 1140. The van der Waals surface area contributed by atoms with Crippen LogP contribution in [-0.2, 0) is 24.3 Å². The average molecular weight is 411 g/mol. The number of hydrogen-bond acceptors (Lipinski definition) is 4. The largest absolute Gasteiger partial charge is 0.332 e. The highest BCUT2D eigenvalue weighted by atomic mass is 32.2. The molecule has 0 bridgehead atoms. The monoisotopic (exact) mass is 410 g/mol. The van der Waals surface area contributed by atoms with Gasteiger partial charge in [0, 0.05) is 43.1 Å². The minimum Gasteiger partial charge on any atom is -0.326 e. The summed E-state index contributed by atoms with van der Waals surface area (Å²) in [5, 5.41) is 0.280. The van der Waals surface area contributed by atoms with Crippen molar-refractivity contribution in [3.05, 3.63) is 52.8 Å². The second-order valence-electron chi connectivity index (χ2n) is 8.17. The minimum atomic E-state index is -0.964. The highest BCUT2D eigenvalue weighted by molar-refractivity contribution is 7.85. The van der Waals surface area contributed by atoms with Crippen LogP contribution in [0.5, 0.6) is 0 Å². The van der Waals surface area contributed by atoms with E-state index in [0.717, 1.165) is 54.1 Å². The molecule has 0 saturated heterocycles. The van der Waals surface area contributed by atoms with Gasteiger partial charge in [0.1, 0.15) is 5.82 Å². The Morgan fingerprint density at radius 1 is 1.14 bits per heavy atom. The van der Waals surface area contributed by atoms with E-state index in [1.165, 1.54) is 24.8 Å². The van der Waals surface area contributed by atoms with Crippen LogP contribution in [0.25, 0.3) is 5.52 Å². The van der Waals surface area contributed by atoms with E-state index in [2.05, 4.69) is 11.0 Å². The molecule has 1 unspecified atom stereocenters. The SMILES string of the molecule is Cn1cc2cc(N3CCCc4cc(S(=O)C5CCCCC5)cnc43)ccn2c1=O. The average Bonchev–Trinajstić information content (AvgIpc) is 3.06. The fraction of sp³-hybridized carbons (Fsp3) is 0.455. The number of aromatic nitrogens is 3. The molecule has 0 N–H and O–H groups in total. The number of imidazole rings is 1. The van der Waals surface area contributed by atoms with E-state index in [4.69, 9.17) is 4.98 Å². The van der Waals surface area contributed by atoms with Crippen molar-refractivity contribution in [2.45, 2.75) is 55.1 Å². The number of nitrogens with zero attached hydrogens (tertiary/aromatic N) is 4. The summed E-state index contributed by atoms with van der Waals surface area (Å²) in [6, 6.07) is 6.12. The molecule has 7 heteroatoms. The lowest BCUT2D eigenvalue weighted by molar-refractivity contribution is 0.504. The maximum atomic E-state index is 13.0. The third-order valence-electron chi connectivity index (χ3n) is 6.20. The van der Waals surface area contributed by atoms with Gasteiger partial charge in [0.2, 0.25) is 0 Å². The van der Waals surface area contributed by atoms with E-state index in [1.54, 1.807) is 16.0 Å². The van der Waals surface area contributed by atoms with E-state index in [0.29, 0.717) is 0 Å². The normalized spacial score (nSPS) is 18.7. The molecule has 29 heavy (non-hydrogen) atoms. The molecule has 0 amide bonds. The number of rotatable bonds is 3. The lowest BCUT2D eigenvalue weighted by Gasteiger charge is -2.30. The van der Waals surface area contributed by atoms with Crippen molar-refractivity contribution in [2.75, 3.05) is 11.4 Å². The Hall–Kier alpha value is -2.41. The van der Waals surface area contributed by atoms with E-state index >= 15 is 0 Å². The number of hydrogen-bond donors (Lipinski definition) is 0. The van der Waals surface area contributed by atoms with Gasteiger partial charge >= 0.3 is 5.69 Å². The number of fused-ring (bicyclic) bond motifs is 2. The molecule has 1 atom stereocenters. The van der Waals surface area contributed by atoms with Crippen LogP contribution in [0.15, 0.2) is 46.5 Å². The van der Waals surface area contributed by atoms with Crippen LogP contribution in [0.2, 0.25) is 0 Å². The minimum absolute atomic E-state index is 0.0430. The fourth-order valence-electron chi connectivity index (χ4n) is 4.65. The summed E-state index contributed by atoms with van der Waals surface area (Å²) in [4.78, 5) is 20.0. The molecule has 1 aliphatic heterocycles. The van der Waals surface area contributed by atoms with Crippen LogP contribution in [0.1, 0.15) is 44.1 Å². The molecule has 6 nitrogen and oxygen atoms in total. The third kappa shape index (κ3) is 3.31. The number of aryl methyl sites for hydroxylation is 2. The molecule has 0 aromatic carbocycles. The van der Waals surface area contributed by atoms with Crippen LogP contribution in [0.3, 0.4) is 0 Å². The summed E-state index contributed by atoms with van der Waals surface area (Å²) in [5.41, 5.74) is 3.03. The molecular weight excluding hydrogens is 384 g/mol. The van der Waals surface area contributed by atoms with Crippen LogP contribution in [-0.4, -0.2) is 30.0 Å². The molecular formula is C22H26N4O2S. The van der Waals surface area contributed by atoms with Crippen LogP contribution < -0.4 is 10.6 Å². The predicted molar refractivity (Wildman–Crippen MR) is 115 cm³/mol. The van der Waals surface area contributed by atoms with Crippen molar-refractivity contribution in [3.63, 3.8) is 0 Å². The van der Waals surface area contributed by atoms with E-state index in [9.17, 15) is 9.00 Å². The number of pyridine rings is 2. The smallest absolute Gasteiger partial charge is 0.326 e. The standard InChI is InChI=1S/C22H26N4O2S/c1-24-15-18-13-17(9-11-26(18)22(24)27)25-10-5-6-16-12-20(14-23-21(16)25)29(28)19-7-3-2-4-8-19/h9,11-15,19H,2-8,10H2,1H3. The first-order valence-electron chi connectivity index (χ1n) is 10.5. The maximum Gasteiger partial charge on any atom is 0.332 e. The Balaban J connectivity index is 1.48. The Labute approximate surface area is 172 Å². The Kier molecular flexibility index (Phi) is 4.78. The highest BCUT2D eigenvalue weighted by Crippen LogP contribution is 2.34. The molecule has 1 aliphatic carbocycles. The zero-order valence-electron chi connectivity index (χ0n) is 16.7. The molecule has 3 aromatic heterocycles. The molecule has 4 heterocycles. The number of anilines is 2. The fourth-order valence-corrected chi connectivity index (χ4v) is 6.21. The van der Waals surface area contributed by atoms with E-state index < -0.39 is 10.8 Å². The molecule has 0 spiro atoms. The van der Waals surface area contributed by atoms with Gasteiger partial charge in [-0.1, -0.05) is 19.3 Å². The van der Waals surface area contributed by atoms with Gasteiger partial charge < -0.3 is 9.47 Å². The summed E-state index contributed by atoms with van der Waals surface area (Å²) in [6.07, 6.45) is 13.2. The first-order chi connectivity index (χ1) is 14.1. The maximum absolute atomic E-state index is 13.0. The summed E-state index contributed by atoms with van der Waals surface area (Å²) < 4.78 is 16.3. The van der Waals surface area contributed by atoms with Gasteiger partial charge in [-0.15, -0.1) is 0 Å². The van der Waals surface area contributed by atoms with Gasteiger partial charge in [-0.25, -0.2) is 9.78 Å². The van der Waals surface area contributed by atoms with Gasteiger partial charge in [-0.3, -0.25) is 8.61 Å². The van der Waals surface area contributed by atoms with E-state index in [1.807, 2.05) is 30.7 Å². The summed E-state index contributed by atoms with van der Waals surface area (Å²) >= 11 is 0. The molecule has 152 valence electrons. The highest BCUT2D eigenvalue weighted by Gasteiger charge is 2.25. The Morgan fingerprint density at radius 2 is 1.97 bits per heavy atom. The molecule has 1 fully saturated rings. The van der Waals surface area contributed by atoms with Crippen molar-refractivity contribution in [2.24, 2.45) is 7.05 Å². The van der Waals surface area contributed by atoms with Crippen molar-refractivity contribution in [3.8, 4) is 0 Å². The van der Waals surface area contributed by atoms with Gasteiger partial charge in [-0.05, 0) is 49.4 Å². The molecule has 5 rings (SSSR count). The van der Waals surface area contributed by atoms with Gasteiger partial charge in [0.05, 0.1) is 21.2 Å². The van der Waals surface area contributed by atoms with Crippen LogP contribution >= 0.6 is 0 Å². The van der Waals surface area contributed by atoms with Crippen molar-refractivity contribution < 1.29 is 4.21 Å². The van der Waals surface area contributed by atoms with Crippen LogP contribution in [0, 0.1) is 0 Å². The quantitative estimate of drug-likeness (QED) is 0.662. The van der Waals surface area contributed by atoms with Crippen molar-refractivity contribution >= 4 is 27.8 Å². The van der Waals surface area contributed by atoms with Crippen molar-refractivity contribution in [1.82, 2.24) is 14.0 Å². The van der Waals surface area contributed by atoms with Gasteiger partial charge in [0.25, 0.3) is 0 Å². The lowest BCUT2D eigenvalue weighted by Crippen LogP contribution is -2.26.